The molecule has 1 aromatic rings. The van der Waals surface area contributed by atoms with E-state index in [9.17, 15) is 0 Å². The Morgan fingerprint density at radius 2 is 1.97 bits per heavy atom. The molecule has 0 saturated carbocycles. The molecule has 0 bridgehead atoms. The predicted octanol–water partition coefficient (Wildman–Crippen LogP) is 3.30. The van der Waals surface area contributed by atoms with E-state index in [-0.39, 0.29) is 5.54 Å². The van der Waals surface area contributed by atoms with Gasteiger partial charge in [-0.05, 0) is 74.4 Å². The van der Waals surface area contributed by atoms with E-state index in [0.29, 0.717) is 24.3 Å². The van der Waals surface area contributed by atoms with Crippen molar-refractivity contribution in [1.82, 2.24) is 4.90 Å². The van der Waals surface area contributed by atoms with Crippen LogP contribution in [0.3, 0.4) is 0 Å². The molecule has 2 aliphatic heterocycles. The van der Waals surface area contributed by atoms with Gasteiger partial charge in [0.2, 0.25) is 0 Å². The largest absolute Gasteiger partial charge is 0.493 e. The van der Waals surface area contributed by atoms with Gasteiger partial charge in [-0.15, -0.1) is 0 Å². The summed E-state index contributed by atoms with van der Waals surface area (Å²) in [6.45, 7) is 9.98. The van der Waals surface area contributed by atoms with Crippen LogP contribution in [-0.4, -0.2) is 43.5 Å². The lowest BCUT2D eigenvalue weighted by molar-refractivity contribution is 0.148. The summed E-state index contributed by atoms with van der Waals surface area (Å²) in [5.41, 5.74) is 14.6. The molecule has 6 heteroatoms. The van der Waals surface area contributed by atoms with Gasteiger partial charge in [-0.1, -0.05) is 19.9 Å². The minimum atomic E-state index is -0.364. The van der Waals surface area contributed by atoms with Gasteiger partial charge < -0.3 is 20.9 Å². The maximum atomic E-state index is 6.71. The average Bonchev–Trinajstić information content (AvgIpc) is 2.70. The maximum absolute atomic E-state index is 6.71. The Balaban J connectivity index is 1.58. The van der Waals surface area contributed by atoms with E-state index in [0.717, 1.165) is 56.0 Å². The SMILES string of the molecule is COc1ccc(CN2CCC(C3(N)C=NC(N)=C(C)C3)CC2)cc1OCC(C)C. The molecule has 0 amide bonds. The Morgan fingerprint density at radius 3 is 2.59 bits per heavy atom. The molecular weight excluding hydrogens is 364 g/mol. The number of piperidine rings is 1. The van der Waals surface area contributed by atoms with Crippen LogP contribution in [0.5, 0.6) is 11.5 Å². The summed E-state index contributed by atoms with van der Waals surface area (Å²) in [5, 5.41) is 0. The summed E-state index contributed by atoms with van der Waals surface area (Å²) < 4.78 is 11.4. The molecule has 4 N–H and O–H groups in total. The van der Waals surface area contributed by atoms with Gasteiger partial charge in [-0.2, -0.15) is 0 Å². The van der Waals surface area contributed by atoms with Gasteiger partial charge in [0.1, 0.15) is 5.82 Å². The summed E-state index contributed by atoms with van der Waals surface area (Å²) in [7, 11) is 1.68. The van der Waals surface area contributed by atoms with Crippen LogP contribution in [0.2, 0.25) is 0 Å². The third-order valence-electron chi connectivity index (χ3n) is 6.01. The fourth-order valence-corrected chi connectivity index (χ4v) is 4.22. The van der Waals surface area contributed by atoms with E-state index in [1.807, 2.05) is 19.2 Å². The summed E-state index contributed by atoms with van der Waals surface area (Å²) in [6.07, 6.45) is 4.84. The molecular formula is C23H36N4O2. The molecule has 1 fully saturated rings. The zero-order valence-electron chi connectivity index (χ0n) is 18.3. The molecule has 160 valence electrons. The second kappa shape index (κ2) is 9.18. The summed E-state index contributed by atoms with van der Waals surface area (Å²) >= 11 is 0. The van der Waals surface area contributed by atoms with Crippen molar-refractivity contribution in [3.63, 3.8) is 0 Å². The maximum Gasteiger partial charge on any atom is 0.161 e. The Hall–Kier alpha value is -2.05. The van der Waals surface area contributed by atoms with Crippen molar-refractivity contribution in [2.24, 2.45) is 28.3 Å². The van der Waals surface area contributed by atoms with Gasteiger partial charge in [-0.25, -0.2) is 4.99 Å². The van der Waals surface area contributed by atoms with Crippen LogP contribution in [-0.2, 0) is 6.54 Å². The number of nitrogens with zero attached hydrogens (tertiary/aromatic N) is 2. The van der Waals surface area contributed by atoms with E-state index in [2.05, 4.69) is 35.9 Å². The molecule has 1 unspecified atom stereocenters. The molecule has 2 aliphatic rings. The molecule has 1 saturated heterocycles. The molecule has 3 rings (SSSR count). The summed E-state index contributed by atoms with van der Waals surface area (Å²) in [5.74, 6) is 3.15. The number of hydrogen-bond acceptors (Lipinski definition) is 6. The quantitative estimate of drug-likeness (QED) is 0.733. The van der Waals surface area contributed by atoms with Crippen molar-refractivity contribution >= 4 is 6.21 Å². The van der Waals surface area contributed by atoms with Crippen molar-refractivity contribution in [3.05, 3.63) is 35.2 Å². The van der Waals surface area contributed by atoms with Gasteiger partial charge in [-0.3, -0.25) is 4.90 Å². The van der Waals surface area contributed by atoms with Crippen LogP contribution in [0.15, 0.2) is 34.6 Å². The summed E-state index contributed by atoms with van der Waals surface area (Å²) in [4.78, 5) is 6.84. The van der Waals surface area contributed by atoms with Gasteiger partial charge in [0.05, 0.1) is 19.3 Å². The van der Waals surface area contributed by atoms with Crippen molar-refractivity contribution < 1.29 is 9.47 Å². The van der Waals surface area contributed by atoms with Crippen LogP contribution in [0, 0.1) is 11.8 Å². The van der Waals surface area contributed by atoms with Gasteiger partial charge >= 0.3 is 0 Å². The Kier molecular flexibility index (Phi) is 6.85. The highest BCUT2D eigenvalue weighted by molar-refractivity contribution is 5.74. The third kappa shape index (κ3) is 5.31. The number of methoxy groups -OCH3 is 1. The highest BCUT2D eigenvalue weighted by atomic mass is 16.5. The normalized spacial score (nSPS) is 23.7. The van der Waals surface area contributed by atoms with Gasteiger partial charge in [0.25, 0.3) is 0 Å². The van der Waals surface area contributed by atoms with E-state index < -0.39 is 0 Å². The van der Waals surface area contributed by atoms with Crippen LogP contribution in [0.25, 0.3) is 0 Å². The predicted molar refractivity (Wildman–Crippen MR) is 118 cm³/mol. The number of aliphatic imine (C=N–C) groups is 1. The molecule has 1 atom stereocenters. The fourth-order valence-electron chi connectivity index (χ4n) is 4.22. The van der Waals surface area contributed by atoms with Gasteiger partial charge in [0.15, 0.2) is 11.5 Å². The zero-order valence-corrected chi connectivity index (χ0v) is 18.3. The van der Waals surface area contributed by atoms with E-state index in [1.165, 1.54) is 5.56 Å². The highest BCUT2D eigenvalue weighted by Gasteiger charge is 2.37. The van der Waals surface area contributed by atoms with E-state index >= 15 is 0 Å². The molecule has 2 heterocycles. The van der Waals surface area contributed by atoms with Crippen molar-refractivity contribution in [1.29, 1.82) is 0 Å². The first kappa shape index (κ1) is 21.7. The third-order valence-corrected chi connectivity index (χ3v) is 6.01. The molecule has 0 aliphatic carbocycles. The molecule has 0 spiro atoms. The first-order valence-electron chi connectivity index (χ1n) is 10.6. The monoisotopic (exact) mass is 400 g/mol. The lowest BCUT2D eigenvalue weighted by atomic mass is 9.74. The number of likely N-dealkylation sites (tertiary alicyclic amines) is 1. The number of benzene rings is 1. The van der Waals surface area contributed by atoms with E-state index in [1.54, 1.807) is 7.11 Å². The number of hydrogen-bond donors (Lipinski definition) is 2. The Bertz CT molecular complexity index is 766. The second-order valence-corrected chi connectivity index (χ2v) is 8.95. The molecule has 0 aromatic heterocycles. The first-order valence-corrected chi connectivity index (χ1v) is 10.6. The smallest absolute Gasteiger partial charge is 0.161 e. The number of ether oxygens (including phenoxy) is 2. The van der Waals surface area contributed by atoms with Crippen LogP contribution in [0.1, 0.15) is 45.6 Å². The minimum Gasteiger partial charge on any atom is -0.493 e. The van der Waals surface area contributed by atoms with Crippen molar-refractivity contribution in [2.45, 2.75) is 52.1 Å². The van der Waals surface area contributed by atoms with E-state index in [4.69, 9.17) is 20.9 Å². The Morgan fingerprint density at radius 1 is 1.24 bits per heavy atom. The topological polar surface area (TPSA) is 86.1 Å². The fraction of sp³-hybridized carbons (Fsp3) is 0.609. The van der Waals surface area contributed by atoms with Crippen LogP contribution < -0.4 is 20.9 Å². The highest BCUT2D eigenvalue weighted by Crippen LogP contribution is 2.34. The molecule has 6 nitrogen and oxygen atoms in total. The van der Waals surface area contributed by atoms with Crippen molar-refractivity contribution in [2.75, 3.05) is 26.8 Å². The van der Waals surface area contributed by atoms with Crippen LogP contribution >= 0.6 is 0 Å². The zero-order chi connectivity index (χ0) is 21.0. The van der Waals surface area contributed by atoms with Gasteiger partial charge in [0, 0.05) is 12.8 Å². The standard InChI is InChI=1S/C23H36N4O2/c1-16(2)14-29-21-11-18(5-6-20(21)28-4)13-27-9-7-19(8-10-27)23(25)12-17(3)22(24)26-15-23/h5-6,11,15-16,19H,7-10,12-14,24-25H2,1-4H3. The molecule has 29 heavy (non-hydrogen) atoms. The lowest BCUT2D eigenvalue weighted by Crippen LogP contribution is -2.53. The van der Waals surface area contributed by atoms with Crippen LogP contribution in [0.4, 0.5) is 0 Å². The number of nitrogens with two attached hydrogens (primary N) is 2. The Labute approximate surface area is 174 Å². The lowest BCUT2D eigenvalue weighted by Gasteiger charge is -2.42. The molecule has 1 aromatic carbocycles. The minimum absolute atomic E-state index is 0.364. The number of rotatable bonds is 7. The second-order valence-electron chi connectivity index (χ2n) is 8.95. The molecule has 0 radical (unpaired) electrons. The summed E-state index contributed by atoms with van der Waals surface area (Å²) in [6, 6.07) is 6.25. The van der Waals surface area contributed by atoms with Crippen molar-refractivity contribution in [3.8, 4) is 11.5 Å². The first-order chi connectivity index (χ1) is 13.8. The average molecular weight is 401 g/mol.